The first-order valence-corrected chi connectivity index (χ1v) is 6.75. The lowest BCUT2D eigenvalue weighted by Crippen LogP contribution is -2.35. The Morgan fingerprint density at radius 3 is 2.74 bits per heavy atom. The average molecular weight is 263 g/mol. The third-order valence-corrected chi connectivity index (χ3v) is 3.63. The van der Waals surface area contributed by atoms with Crippen LogP contribution in [-0.2, 0) is 16.0 Å². The molecule has 1 aliphatic rings. The molecule has 4 heteroatoms. The fourth-order valence-corrected chi connectivity index (χ4v) is 2.38. The number of phenolic OH excluding ortho intramolecular Hbond substituents is 1. The van der Waals surface area contributed by atoms with Crippen LogP contribution in [0, 0.1) is 5.92 Å². The lowest BCUT2D eigenvalue weighted by molar-refractivity contribution is -0.130. The highest BCUT2D eigenvalue weighted by molar-refractivity contribution is 5.79. The van der Waals surface area contributed by atoms with E-state index in [9.17, 15) is 9.90 Å². The Bertz CT molecular complexity index is 427. The van der Waals surface area contributed by atoms with Crippen molar-refractivity contribution < 1.29 is 14.6 Å². The second kappa shape index (κ2) is 6.57. The average Bonchev–Trinajstić information content (AvgIpc) is 2.42. The number of ether oxygens (including phenoxy) is 1. The molecule has 2 rings (SSSR count). The first-order chi connectivity index (χ1) is 9.16. The summed E-state index contributed by atoms with van der Waals surface area (Å²) in [5.41, 5.74) is 0.686. The summed E-state index contributed by atoms with van der Waals surface area (Å²) >= 11 is 0. The molecule has 19 heavy (non-hydrogen) atoms. The van der Waals surface area contributed by atoms with Gasteiger partial charge in [-0.3, -0.25) is 4.79 Å². The van der Waals surface area contributed by atoms with Crippen LogP contribution in [0.5, 0.6) is 5.75 Å². The van der Waals surface area contributed by atoms with Crippen LogP contribution in [0.1, 0.15) is 18.4 Å². The third-order valence-electron chi connectivity index (χ3n) is 3.63. The molecule has 0 spiro atoms. The monoisotopic (exact) mass is 263 g/mol. The van der Waals surface area contributed by atoms with E-state index in [0.717, 1.165) is 32.6 Å². The SMILES string of the molecule is CN(CC1CCOCC1)C(=O)Cc1ccccc1O. The van der Waals surface area contributed by atoms with Crippen LogP contribution in [-0.4, -0.2) is 42.7 Å². The van der Waals surface area contributed by atoms with Crippen LogP contribution in [0.25, 0.3) is 0 Å². The van der Waals surface area contributed by atoms with Crippen molar-refractivity contribution in [3.8, 4) is 5.75 Å². The number of carbonyl (C=O) groups is 1. The summed E-state index contributed by atoms with van der Waals surface area (Å²) < 4.78 is 5.32. The Labute approximate surface area is 114 Å². The molecule has 0 aromatic heterocycles. The predicted octanol–water partition coefficient (Wildman–Crippen LogP) is 1.82. The molecular weight excluding hydrogens is 242 g/mol. The van der Waals surface area contributed by atoms with Crippen molar-refractivity contribution in [2.75, 3.05) is 26.8 Å². The van der Waals surface area contributed by atoms with Crippen LogP contribution in [0.2, 0.25) is 0 Å². The van der Waals surface area contributed by atoms with Gasteiger partial charge in [0, 0.05) is 32.4 Å². The minimum atomic E-state index is 0.0491. The molecule has 0 unspecified atom stereocenters. The number of benzene rings is 1. The van der Waals surface area contributed by atoms with Gasteiger partial charge in [-0.2, -0.15) is 0 Å². The minimum absolute atomic E-state index is 0.0491. The highest BCUT2D eigenvalue weighted by Crippen LogP contribution is 2.19. The number of hydrogen-bond acceptors (Lipinski definition) is 3. The van der Waals surface area contributed by atoms with Crippen molar-refractivity contribution >= 4 is 5.91 Å². The molecular formula is C15H21NO3. The number of carbonyl (C=O) groups excluding carboxylic acids is 1. The lowest BCUT2D eigenvalue weighted by atomic mass is 9.99. The Morgan fingerprint density at radius 2 is 2.05 bits per heavy atom. The first kappa shape index (κ1) is 13.9. The topological polar surface area (TPSA) is 49.8 Å². The highest BCUT2D eigenvalue weighted by atomic mass is 16.5. The number of para-hydroxylation sites is 1. The van der Waals surface area contributed by atoms with Gasteiger partial charge in [-0.15, -0.1) is 0 Å². The fourth-order valence-electron chi connectivity index (χ4n) is 2.38. The second-order valence-corrected chi connectivity index (χ2v) is 5.14. The summed E-state index contributed by atoms with van der Waals surface area (Å²) in [7, 11) is 1.83. The Kier molecular flexibility index (Phi) is 4.80. The molecule has 1 heterocycles. The molecule has 1 saturated heterocycles. The van der Waals surface area contributed by atoms with Crippen molar-refractivity contribution in [2.24, 2.45) is 5.92 Å². The van der Waals surface area contributed by atoms with Crippen molar-refractivity contribution in [3.05, 3.63) is 29.8 Å². The maximum Gasteiger partial charge on any atom is 0.226 e. The van der Waals surface area contributed by atoms with E-state index >= 15 is 0 Å². The van der Waals surface area contributed by atoms with Gasteiger partial charge in [0.05, 0.1) is 6.42 Å². The quantitative estimate of drug-likeness (QED) is 0.901. The molecule has 0 radical (unpaired) electrons. The number of amides is 1. The summed E-state index contributed by atoms with van der Waals surface area (Å²) in [5.74, 6) is 0.773. The number of aromatic hydroxyl groups is 1. The number of likely N-dealkylation sites (N-methyl/N-ethyl adjacent to an activating group) is 1. The first-order valence-electron chi connectivity index (χ1n) is 6.75. The Morgan fingerprint density at radius 1 is 1.37 bits per heavy atom. The van der Waals surface area contributed by atoms with Crippen molar-refractivity contribution in [3.63, 3.8) is 0 Å². The van der Waals surface area contributed by atoms with E-state index in [1.807, 2.05) is 13.1 Å². The van der Waals surface area contributed by atoms with Gasteiger partial charge in [-0.25, -0.2) is 0 Å². The zero-order chi connectivity index (χ0) is 13.7. The van der Waals surface area contributed by atoms with E-state index in [0.29, 0.717) is 11.5 Å². The highest BCUT2D eigenvalue weighted by Gasteiger charge is 2.19. The normalized spacial score (nSPS) is 16.3. The third kappa shape index (κ3) is 3.96. The van der Waals surface area contributed by atoms with Crippen LogP contribution in [0.3, 0.4) is 0 Å². The van der Waals surface area contributed by atoms with E-state index < -0.39 is 0 Å². The van der Waals surface area contributed by atoms with Gasteiger partial charge >= 0.3 is 0 Å². The number of phenols is 1. The van der Waals surface area contributed by atoms with Gasteiger partial charge in [-0.1, -0.05) is 18.2 Å². The van der Waals surface area contributed by atoms with Gasteiger partial charge in [0.15, 0.2) is 0 Å². The number of nitrogens with zero attached hydrogens (tertiary/aromatic N) is 1. The molecule has 0 aliphatic carbocycles. The van der Waals surface area contributed by atoms with Crippen molar-refractivity contribution in [2.45, 2.75) is 19.3 Å². The van der Waals surface area contributed by atoms with Gasteiger partial charge in [0.1, 0.15) is 5.75 Å². The van der Waals surface area contributed by atoms with Gasteiger partial charge in [0.2, 0.25) is 5.91 Å². The van der Waals surface area contributed by atoms with Gasteiger partial charge in [0.25, 0.3) is 0 Å². The van der Waals surface area contributed by atoms with Crippen LogP contribution in [0.4, 0.5) is 0 Å². The van der Waals surface area contributed by atoms with E-state index in [1.165, 1.54) is 0 Å². The summed E-state index contributed by atoms with van der Waals surface area (Å²) in [4.78, 5) is 13.9. The summed E-state index contributed by atoms with van der Waals surface area (Å²) in [6.45, 7) is 2.37. The molecule has 1 aliphatic heterocycles. The van der Waals surface area contributed by atoms with E-state index in [-0.39, 0.29) is 18.1 Å². The zero-order valence-electron chi connectivity index (χ0n) is 11.3. The summed E-state index contributed by atoms with van der Waals surface area (Å²) in [6, 6.07) is 6.99. The molecule has 1 fully saturated rings. The second-order valence-electron chi connectivity index (χ2n) is 5.14. The van der Waals surface area contributed by atoms with E-state index in [1.54, 1.807) is 23.1 Å². The van der Waals surface area contributed by atoms with Crippen molar-refractivity contribution in [1.82, 2.24) is 4.90 Å². The summed E-state index contributed by atoms with van der Waals surface area (Å²) in [5, 5.41) is 9.68. The fraction of sp³-hybridized carbons (Fsp3) is 0.533. The molecule has 1 aromatic rings. The molecule has 1 amide bonds. The molecule has 0 saturated carbocycles. The molecule has 104 valence electrons. The van der Waals surface area contributed by atoms with Crippen LogP contribution in [0.15, 0.2) is 24.3 Å². The molecule has 1 aromatic carbocycles. The maximum atomic E-state index is 12.1. The minimum Gasteiger partial charge on any atom is -0.508 e. The molecule has 1 N–H and O–H groups in total. The number of hydrogen-bond donors (Lipinski definition) is 1. The summed E-state index contributed by atoms with van der Waals surface area (Å²) in [6.07, 6.45) is 2.30. The van der Waals surface area contributed by atoms with Crippen LogP contribution < -0.4 is 0 Å². The van der Waals surface area contributed by atoms with E-state index in [4.69, 9.17) is 4.74 Å². The van der Waals surface area contributed by atoms with Crippen LogP contribution >= 0.6 is 0 Å². The Hall–Kier alpha value is -1.55. The smallest absolute Gasteiger partial charge is 0.226 e. The zero-order valence-corrected chi connectivity index (χ0v) is 11.3. The van der Waals surface area contributed by atoms with Gasteiger partial charge < -0.3 is 14.7 Å². The molecule has 0 bridgehead atoms. The number of rotatable bonds is 4. The molecule has 0 atom stereocenters. The maximum absolute atomic E-state index is 12.1. The Balaban J connectivity index is 1.87. The van der Waals surface area contributed by atoms with Gasteiger partial charge in [-0.05, 0) is 24.8 Å². The predicted molar refractivity (Wildman–Crippen MR) is 73.0 cm³/mol. The largest absolute Gasteiger partial charge is 0.508 e. The molecule has 4 nitrogen and oxygen atoms in total. The standard InChI is InChI=1S/C15H21NO3/c1-16(11-12-6-8-19-9-7-12)15(18)10-13-4-2-3-5-14(13)17/h2-5,12,17H,6-11H2,1H3. The lowest BCUT2D eigenvalue weighted by Gasteiger charge is -2.27. The van der Waals surface area contributed by atoms with E-state index in [2.05, 4.69) is 0 Å². The van der Waals surface area contributed by atoms with Crippen molar-refractivity contribution in [1.29, 1.82) is 0 Å².